The van der Waals surface area contributed by atoms with Crippen LogP contribution in [0.25, 0.3) is 11.1 Å². The summed E-state index contributed by atoms with van der Waals surface area (Å²) in [6, 6.07) is 25.1. The number of carbonyl (C=O) groups excluding carboxylic acids is 3. The van der Waals surface area contributed by atoms with Crippen LogP contribution in [0.1, 0.15) is 24.5 Å². The lowest BCUT2D eigenvalue weighted by Gasteiger charge is -2.22. The highest BCUT2D eigenvalue weighted by Gasteiger charge is 2.48. The van der Waals surface area contributed by atoms with Crippen LogP contribution in [0.2, 0.25) is 0 Å². The van der Waals surface area contributed by atoms with E-state index in [1.165, 1.54) is 0 Å². The highest BCUT2D eigenvalue weighted by Crippen LogP contribution is 2.30. The molecule has 1 saturated heterocycles. The predicted molar refractivity (Wildman–Crippen MR) is 124 cm³/mol. The fourth-order valence-corrected chi connectivity index (χ4v) is 3.86. The number of nitrogens with zero attached hydrogens (tertiary/aromatic N) is 2. The first-order valence-corrected chi connectivity index (χ1v) is 10.5. The minimum atomic E-state index is -1.25. The van der Waals surface area contributed by atoms with Gasteiger partial charge >= 0.3 is 6.03 Å². The smallest absolute Gasteiger partial charge is 0.325 e. The lowest BCUT2D eigenvalue weighted by molar-refractivity contribution is -0.131. The Morgan fingerprint density at radius 3 is 2.36 bits per heavy atom. The van der Waals surface area contributed by atoms with Gasteiger partial charge in [-0.1, -0.05) is 60.7 Å². The van der Waals surface area contributed by atoms with E-state index in [0.29, 0.717) is 16.8 Å². The normalized spacial score (nSPS) is 17.4. The van der Waals surface area contributed by atoms with Gasteiger partial charge in [0.2, 0.25) is 5.91 Å². The lowest BCUT2D eigenvalue weighted by Crippen LogP contribution is -2.41. The molecule has 0 saturated carbocycles. The summed E-state index contributed by atoms with van der Waals surface area (Å²) in [6.07, 6.45) is -0.0360. The molecule has 0 bridgehead atoms. The van der Waals surface area contributed by atoms with Crippen LogP contribution >= 0.6 is 0 Å². The van der Waals surface area contributed by atoms with Crippen molar-refractivity contribution in [3.63, 3.8) is 0 Å². The average Bonchev–Trinajstić information content (AvgIpc) is 3.07. The standard InChI is InChI=1S/C26H22N4O3/c1-26(20-13-11-18(17-27)12-14-20)24(32)30(25(33)29-26)16-15-23(31)28-22-10-6-5-9-21(22)19-7-3-2-4-8-19/h2-14H,15-16H2,1H3,(H,28,31)(H,29,33). The molecule has 1 atom stereocenters. The van der Waals surface area contributed by atoms with Crippen LogP contribution in [0.5, 0.6) is 0 Å². The number of amides is 4. The zero-order valence-electron chi connectivity index (χ0n) is 18.0. The van der Waals surface area contributed by atoms with Crippen LogP contribution in [0.15, 0.2) is 78.9 Å². The zero-order valence-corrected chi connectivity index (χ0v) is 18.0. The van der Waals surface area contributed by atoms with Crippen LogP contribution in [0.4, 0.5) is 10.5 Å². The van der Waals surface area contributed by atoms with Gasteiger partial charge in [0.1, 0.15) is 5.54 Å². The molecular weight excluding hydrogens is 416 g/mol. The molecule has 1 heterocycles. The van der Waals surface area contributed by atoms with Gasteiger partial charge in [-0.25, -0.2) is 4.79 Å². The van der Waals surface area contributed by atoms with E-state index in [1.807, 2.05) is 60.7 Å². The second-order valence-corrected chi connectivity index (χ2v) is 7.91. The summed E-state index contributed by atoms with van der Waals surface area (Å²) >= 11 is 0. The van der Waals surface area contributed by atoms with Gasteiger partial charge in [-0.05, 0) is 36.2 Å². The van der Waals surface area contributed by atoms with E-state index in [9.17, 15) is 14.4 Å². The second kappa shape index (κ2) is 8.97. The summed E-state index contributed by atoms with van der Waals surface area (Å²) in [7, 11) is 0. The first-order valence-electron chi connectivity index (χ1n) is 10.5. The molecule has 1 aliphatic rings. The van der Waals surface area contributed by atoms with E-state index in [-0.39, 0.29) is 18.9 Å². The maximum Gasteiger partial charge on any atom is 0.325 e. The van der Waals surface area contributed by atoms with Crippen molar-refractivity contribution in [3.8, 4) is 17.2 Å². The molecule has 1 fully saturated rings. The predicted octanol–water partition coefficient (Wildman–Crippen LogP) is 4.02. The number of benzene rings is 3. The van der Waals surface area contributed by atoms with E-state index in [1.54, 1.807) is 31.2 Å². The summed E-state index contributed by atoms with van der Waals surface area (Å²) in [6.45, 7) is 1.57. The Bertz CT molecular complexity index is 1250. The topological polar surface area (TPSA) is 102 Å². The summed E-state index contributed by atoms with van der Waals surface area (Å²) in [5, 5.41) is 14.6. The van der Waals surface area contributed by atoms with Gasteiger partial charge < -0.3 is 10.6 Å². The van der Waals surface area contributed by atoms with Crippen molar-refractivity contribution in [2.45, 2.75) is 18.9 Å². The Labute approximate surface area is 191 Å². The Morgan fingerprint density at radius 2 is 1.67 bits per heavy atom. The minimum absolute atomic E-state index is 0.0360. The number of hydrogen-bond donors (Lipinski definition) is 2. The molecule has 4 amide bonds. The summed E-state index contributed by atoms with van der Waals surface area (Å²) in [5.74, 6) is -0.736. The second-order valence-electron chi connectivity index (χ2n) is 7.91. The number of imide groups is 1. The van der Waals surface area contributed by atoms with Gasteiger partial charge in [0.15, 0.2) is 0 Å². The molecule has 164 valence electrons. The molecule has 2 N–H and O–H groups in total. The number of para-hydroxylation sites is 1. The van der Waals surface area contributed by atoms with Crippen molar-refractivity contribution >= 4 is 23.5 Å². The molecule has 0 radical (unpaired) electrons. The molecule has 33 heavy (non-hydrogen) atoms. The van der Waals surface area contributed by atoms with Crippen LogP contribution in [-0.2, 0) is 15.1 Å². The highest BCUT2D eigenvalue weighted by atomic mass is 16.2. The molecule has 7 heteroatoms. The Morgan fingerprint density at radius 1 is 1.00 bits per heavy atom. The molecule has 0 aliphatic carbocycles. The van der Waals surface area contributed by atoms with Crippen LogP contribution in [0.3, 0.4) is 0 Å². The van der Waals surface area contributed by atoms with Crippen molar-refractivity contribution in [3.05, 3.63) is 90.0 Å². The Kier molecular flexibility index (Phi) is 5.92. The van der Waals surface area contributed by atoms with Gasteiger partial charge in [-0.15, -0.1) is 0 Å². The van der Waals surface area contributed by atoms with E-state index < -0.39 is 17.5 Å². The van der Waals surface area contributed by atoms with Crippen molar-refractivity contribution in [2.75, 3.05) is 11.9 Å². The van der Waals surface area contributed by atoms with Crippen molar-refractivity contribution in [2.24, 2.45) is 0 Å². The first-order chi connectivity index (χ1) is 15.9. The van der Waals surface area contributed by atoms with E-state index in [0.717, 1.165) is 16.0 Å². The lowest BCUT2D eigenvalue weighted by atomic mass is 9.91. The minimum Gasteiger partial charge on any atom is -0.325 e. The van der Waals surface area contributed by atoms with Crippen LogP contribution in [0, 0.1) is 11.3 Å². The van der Waals surface area contributed by atoms with Gasteiger partial charge in [0, 0.05) is 24.2 Å². The van der Waals surface area contributed by atoms with E-state index in [2.05, 4.69) is 10.6 Å². The fourth-order valence-electron chi connectivity index (χ4n) is 3.86. The summed E-state index contributed by atoms with van der Waals surface area (Å²) in [4.78, 5) is 39.3. The molecule has 4 rings (SSSR count). The molecule has 3 aromatic carbocycles. The Balaban J connectivity index is 1.43. The number of hydrogen-bond acceptors (Lipinski definition) is 4. The average molecular weight is 438 g/mol. The molecule has 7 nitrogen and oxygen atoms in total. The molecule has 3 aromatic rings. The van der Waals surface area contributed by atoms with Crippen LogP contribution < -0.4 is 10.6 Å². The van der Waals surface area contributed by atoms with Crippen molar-refractivity contribution < 1.29 is 14.4 Å². The van der Waals surface area contributed by atoms with Crippen LogP contribution in [-0.4, -0.2) is 29.3 Å². The molecular formula is C26H22N4O3. The summed E-state index contributed by atoms with van der Waals surface area (Å²) in [5.41, 5.74) is 2.30. The third-order valence-corrected chi connectivity index (χ3v) is 5.71. The monoisotopic (exact) mass is 438 g/mol. The third-order valence-electron chi connectivity index (χ3n) is 5.71. The fraction of sp³-hybridized carbons (Fsp3) is 0.154. The zero-order chi connectivity index (χ0) is 23.4. The molecule has 0 aromatic heterocycles. The van der Waals surface area contributed by atoms with E-state index in [4.69, 9.17) is 5.26 Å². The molecule has 1 unspecified atom stereocenters. The number of nitriles is 1. The number of carbonyl (C=O) groups is 3. The largest absolute Gasteiger partial charge is 0.325 e. The maximum atomic E-state index is 13.0. The van der Waals surface area contributed by atoms with Gasteiger partial charge in [-0.3, -0.25) is 14.5 Å². The third kappa shape index (κ3) is 4.32. The highest BCUT2D eigenvalue weighted by molar-refractivity contribution is 6.07. The SMILES string of the molecule is CC1(c2ccc(C#N)cc2)NC(=O)N(CCC(=O)Nc2ccccc2-c2ccccc2)C1=O. The summed E-state index contributed by atoms with van der Waals surface area (Å²) < 4.78 is 0. The van der Waals surface area contributed by atoms with Crippen molar-refractivity contribution in [1.29, 1.82) is 5.26 Å². The number of nitrogens with one attached hydrogen (secondary N) is 2. The van der Waals surface area contributed by atoms with Gasteiger partial charge in [0.05, 0.1) is 11.6 Å². The van der Waals surface area contributed by atoms with E-state index >= 15 is 0 Å². The first kappa shape index (κ1) is 21.8. The number of urea groups is 1. The maximum absolute atomic E-state index is 13.0. The quantitative estimate of drug-likeness (QED) is 0.568. The van der Waals surface area contributed by atoms with Gasteiger partial charge in [0.25, 0.3) is 5.91 Å². The van der Waals surface area contributed by atoms with Gasteiger partial charge in [-0.2, -0.15) is 5.26 Å². The number of anilines is 1. The molecule has 0 spiro atoms. The number of rotatable bonds is 6. The van der Waals surface area contributed by atoms with Crippen molar-refractivity contribution in [1.82, 2.24) is 10.2 Å². The Hall–Kier alpha value is -4.44. The molecule has 1 aliphatic heterocycles.